The number of aliphatic hydroxyl groups is 1. The normalized spacial score (nSPS) is 21.5. The Morgan fingerprint density at radius 1 is 1.39 bits per heavy atom. The molecular weight excluding hydrogens is 248 g/mol. The fourth-order valence-corrected chi connectivity index (χ4v) is 2.58. The zero-order valence-electron chi connectivity index (χ0n) is 9.33. The standard InChI is InChI=1S/C13H10N2O2S/c16-12-11(18-13(17)15-12)6-8-5-9-3-1-2-4-10(9)14-7-8/h1-7,13,17H,(H,15,16)/b11-6-. The molecule has 1 amide bonds. The van der Waals surface area contributed by atoms with Crippen LogP contribution in [0.15, 0.2) is 41.4 Å². The van der Waals surface area contributed by atoms with Gasteiger partial charge in [0.2, 0.25) is 0 Å². The minimum atomic E-state index is -0.850. The second-order valence-corrected chi connectivity index (χ2v) is 5.04. The van der Waals surface area contributed by atoms with Gasteiger partial charge in [0.1, 0.15) is 0 Å². The van der Waals surface area contributed by atoms with Crippen molar-refractivity contribution in [3.63, 3.8) is 0 Å². The second-order valence-electron chi connectivity index (χ2n) is 3.91. The third-order valence-electron chi connectivity index (χ3n) is 2.63. The first-order valence-corrected chi connectivity index (χ1v) is 6.32. The number of amides is 1. The predicted molar refractivity (Wildman–Crippen MR) is 71.5 cm³/mol. The molecule has 1 saturated heterocycles. The Labute approximate surface area is 108 Å². The van der Waals surface area contributed by atoms with Crippen molar-refractivity contribution in [2.45, 2.75) is 5.56 Å². The summed E-state index contributed by atoms with van der Waals surface area (Å²) in [5.41, 5.74) is 0.917. The molecule has 1 aromatic heterocycles. The highest BCUT2D eigenvalue weighted by Crippen LogP contribution is 2.28. The van der Waals surface area contributed by atoms with Gasteiger partial charge in [0, 0.05) is 11.6 Å². The van der Waals surface area contributed by atoms with E-state index in [-0.39, 0.29) is 5.91 Å². The quantitative estimate of drug-likeness (QED) is 0.764. The molecule has 0 radical (unpaired) electrons. The lowest BCUT2D eigenvalue weighted by molar-refractivity contribution is -0.117. The van der Waals surface area contributed by atoms with Gasteiger partial charge in [-0.05, 0) is 23.8 Å². The van der Waals surface area contributed by atoms with Crippen molar-refractivity contribution in [3.05, 3.63) is 47.0 Å². The molecule has 1 aliphatic heterocycles. The van der Waals surface area contributed by atoms with E-state index in [4.69, 9.17) is 0 Å². The van der Waals surface area contributed by atoms with E-state index < -0.39 is 5.56 Å². The summed E-state index contributed by atoms with van der Waals surface area (Å²) >= 11 is 1.10. The number of rotatable bonds is 1. The molecule has 1 unspecified atom stereocenters. The smallest absolute Gasteiger partial charge is 0.260 e. The van der Waals surface area contributed by atoms with Gasteiger partial charge in [-0.3, -0.25) is 9.78 Å². The molecule has 18 heavy (non-hydrogen) atoms. The van der Waals surface area contributed by atoms with Gasteiger partial charge >= 0.3 is 0 Å². The molecule has 1 atom stereocenters. The molecule has 2 heterocycles. The maximum absolute atomic E-state index is 11.5. The van der Waals surface area contributed by atoms with Crippen molar-refractivity contribution in [1.29, 1.82) is 0 Å². The third-order valence-corrected chi connectivity index (χ3v) is 3.52. The number of carbonyl (C=O) groups is 1. The highest BCUT2D eigenvalue weighted by molar-refractivity contribution is 8.05. The lowest BCUT2D eigenvalue weighted by atomic mass is 10.1. The highest BCUT2D eigenvalue weighted by Gasteiger charge is 2.24. The van der Waals surface area contributed by atoms with Crippen LogP contribution in [0.3, 0.4) is 0 Å². The average molecular weight is 258 g/mol. The number of thioether (sulfide) groups is 1. The monoisotopic (exact) mass is 258 g/mol. The van der Waals surface area contributed by atoms with Crippen molar-refractivity contribution in [3.8, 4) is 0 Å². The molecule has 0 bridgehead atoms. The second kappa shape index (κ2) is 4.44. The van der Waals surface area contributed by atoms with E-state index in [0.717, 1.165) is 28.2 Å². The van der Waals surface area contributed by atoms with Gasteiger partial charge in [0.15, 0.2) is 5.56 Å². The van der Waals surface area contributed by atoms with Crippen LogP contribution in [-0.2, 0) is 4.79 Å². The Hall–Kier alpha value is -1.85. The molecule has 1 fully saturated rings. The summed E-state index contributed by atoms with van der Waals surface area (Å²) in [5, 5.41) is 12.7. The largest absolute Gasteiger partial charge is 0.364 e. The molecule has 1 aliphatic rings. The van der Waals surface area contributed by atoms with Crippen molar-refractivity contribution in [1.82, 2.24) is 10.3 Å². The van der Waals surface area contributed by atoms with Crippen LogP contribution in [0.1, 0.15) is 5.56 Å². The number of hydrogen-bond acceptors (Lipinski definition) is 4. The van der Waals surface area contributed by atoms with Crippen LogP contribution in [0.4, 0.5) is 0 Å². The minimum absolute atomic E-state index is 0.249. The van der Waals surface area contributed by atoms with Gasteiger partial charge in [0.25, 0.3) is 5.91 Å². The Kier molecular flexibility index (Phi) is 2.77. The summed E-state index contributed by atoms with van der Waals surface area (Å²) in [6, 6.07) is 9.76. The SMILES string of the molecule is O=C1NC(O)S/C1=C\c1cnc2ccccc2c1. The first-order chi connectivity index (χ1) is 8.72. The summed E-state index contributed by atoms with van der Waals surface area (Å²) < 4.78 is 0. The first kappa shape index (κ1) is 11.3. The summed E-state index contributed by atoms with van der Waals surface area (Å²) in [7, 11) is 0. The summed E-state index contributed by atoms with van der Waals surface area (Å²) in [4.78, 5) is 16.3. The van der Waals surface area contributed by atoms with Crippen molar-refractivity contribution in [2.24, 2.45) is 0 Å². The number of pyridine rings is 1. The van der Waals surface area contributed by atoms with Crippen molar-refractivity contribution in [2.75, 3.05) is 0 Å². The first-order valence-electron chi connectivity index (χ1n) is 5.44. The van der Waals surface area contributed by atoms with E-state index in [2.05, 4.69) is 10.3 Å². The minimum Gasteiger partial charge on any atom is -0.364 e. The molecule has 0 spiro atoms. The lowest BCUT2D eigenvalue weighted by Gasteiger charge is -1.99. The number of carbonyl (C=O) groups excluding carboxylic acids is 1. The summed E-state index contributed by atoms with van der Waals surface area (Å²) in [5.74, 6) is -0.249. The van der Waals surface area contributed by atoms with E-state index in [1.54, 1.807) is 12.3 Å². The van der Waals surface area contributed by atoms with Crippen LogP contribution in [0.2, 0.25) is 0 Å². The van der Waals surface area contributed by atoms with Gasteiger partial charge in [0.05, 0.1) is 10.4 Å². The molecule has 2 N–H and O–H groups in total. The highest BCUT2D eigenvalue weighted by atomic mass is 32.2. The molecule has 5 heteroatoms. The maximum Gasteiger partial charge on any atom is 0.260 e. The summed E-state index contributed by atoms with van der Waals surface area (Å²) in [6.07, 6.45) is 3.45. The third kappa shape index (κ3) is 2.10. The van der Waals surface area contributed by atoms with Crippen LogP contribution in [0.25, 0.3) is 17.0 Å². The Morgan fingerprint density at radius 2 is 2.22 bits per heavy atom. The Bertz CT molecular complexity index is 654. The van der Waals surface area contributed by atoms with Gasteiger partial charge in [-0.1, -0.05) is 30.0 Å². The van der Waals surface area contributed by atoms with Crippen LogP contribution in [0, 0.1) is 0 Å². The van der Waals surface area contributed by atoms with E-state index in [0.29, 0.717) is 4.91 Å². The lowest BCUT2D eigenvalue weighted by Crippen LogP contribution is -2.23. The van der Waals surface area contributed by atoms with Crippen LogP contribution in [-0.4, -0.2) is 21.6 Å². The van der Waals surface area contributed by atoms with Crippen LogP contribution in [0.5, 0.6) is 0 Å². The van der Waals surface area contributed by atoms with Gasteiger partial charge in [-0.15, -0.1) is 0 Å². The van der Waals surface area contributed by atoms with E-state index in [1.165, 1.54) is 0 Å². The molecular formula is C13H10N2O2S. The topological polar surface area (TPSA) is 62.2 Å². The molecule has 4 nitrogen and oxygen atoms in total. The Balaban J connectivity index is 2.00. The molecule has 1 aromatic carbocycles. The molecule has 90 valence electrons. The predicted octanol–water partition coefficient (Wildman–Crippen LogP) is 1.71. The van der Waals surface area contributed by atoms with E-state index in [1.807, 2.05) is 30.3 Å². The molecule has 0 aliphatic carbocycles. The number of fused-ring (bicyclic) bond motifs is 1. The van der Waals surface area contributed by atoms with E-state index in [9.17, 15) is 9.90 Å². The number of hydrogen-bond donors (Lipinski definition) is 2. The number of nitrogens with zero attached hydrogens (tertiary/aromatic N) is 1. The number of nitrogens with one attached hydrogen (secondary N) is 1. The fourth-order valence-electron chi connectivity index (χ4n) is 1.80. The zero-order valence-corrected chi connectivity index (χ0v) is 10.1. The maximum atomic E-state index is 11.5. The van der Waals surface area contributed by atoms with Crippen LogP contribution >= 0.6 is 11.8 Å². The van der Waals surface area contributed by atoms with E-state index >= 15 is 0 Å². The summed E-state index contributed by atoms with van der Waals surface area (Å²) in [6.45, 7) is 0. The number of benzene rings is 1. The zero-order chi connectivity index (χ0) is 12.5. The molecule has 0 saturated carbocycles. The van der Waals surface area contributed by atoms with Gasteiger partial charge < -0.3 is 10.4 Å². The molecule has 3 rings (SSSR count). The molecule has 2 aromatic rings. The number of para-hydroxylation sites is 1. The fraction of sp³-hybridized carbons (Fsp3) is 0.0769. The number of aliphatic hydroxyl groups excluding tert-OH is 1. The van der Waals surface area contributed by atoms with Crippen molar-refractivity contribution >= 4 is 34.6 Å². The Morgan fingerprint density at radius 3 is 3.00 bits per heavy atom. The van der Waals surface area contributed by atoms with Gasteiger partial charge in [-0.2, -0.15) is 0 Å². The van der Waals surface area contributed by atoms with Crippen LogP contribution < -0.4 is 5.32 Å². The van der Waals surface area contributed by atoms with Gasteiger partial charge in [-0.25, -0.2) is 0 Å². The number of aromatic nitrogens is 1. The average Bonchev–Trinajstić information content (AvgIpc) is 2.68. The van der Waals surface area contributed by atoms with Crippen molar-refractivity contribution < 1.29 is 9.90 Å².